The van der Waals surface area contributed by atoms with Crippen molar-refractivity contribution in [3.05, 3.63) is 35.4 Å². The maximum absolute atomic E-state index is 6.02. The summed E-state index contributed by atoms with van der Waals surface area (Å²) in [7, 11) is 0. The molecule has 0 amide bonds. The minimum absolute atomic E-state index is 0.123. The van der Waals surface area contributed by atoms with Gasteiger partial charge in [0, 0.05) is 6.04 Å². The van der Waals surface area contributed by atoms with Crippen LogP contribution < -0.4 is 11.1 Å². The topological polar surface area (TPSA) is 59.6 Å². The van der Waals surface area contributed by atoms with Crippen LogP contribution in [0.25, 0.3) is 0 Å². The van der Waals surface area contributed by atoms with Gasteiger partial charge in [-0.2, -0.15) is 0 Å². The first-order valence-corrected chi connectivity index (χ1v) is 8.70. The number of guanidine groups is 1. The molecule has 1 fully saturated rings. The normalized spacial score (nSPS) is 17.3. The fourth-order valence-corrected chi connectivity index (χ4v) is 2.80. The van der Waals surface area contributed by atoms with Crippen molar-refractivity contribution in [3.63, 3.8) is 0 Å². The van der Waals surface area contributed by atoms with Gasteiger partial charge in [0.25, 0.3) is 0 Å². The van der Waals surface area contributed by atoms with Crippen molar-refractivity contribution in [1.82, 2.24) is 5.32 Å². The van der Waals surface area contributed by atoms with Crippen molar-refractivity contribution >= 4 is 5.96 Å². The number of nitrogens with one attached hydrogen (secondary N) is 1. The summed E-state index contributed by atoms with van der Waals surface area (Å²) in [6.45, 7) is 7.43. The zero-order chi connectivity index (χ0) is 16.7. The quantitative estimate of drug-likeness (QED) is 0.642. The van der Waals surface area contributed by atoms with Crippen LogP contribution in [0.3, 0.4) is 0 Å². The lowest BCUT2D eigenvalue weighted by Gasteiger charge is -2.23. The summed E-state index contributed by atoms with van der Waals surface area (Å²) in [6.07, 6.45) is 6.34. The largest absolute Gasteiger partial charge is 0.371 e. The van der Waals surface area contributed by atoms with Crippen LogP contribution in [0.2, 0.25) is 0 Å². The Balaban J connectivity index is 1.85. The van der Waals surface area contributed by atoms with Gasteiger partial charge in [0.05, 0.1) is 18.8 Å². The number of aliphatic imine (C=N–C) groups is 1. The Morgan fingerprint density at radius 2 is 1.91 bits per heavy atom. The van der Waals surface area contributed by atoms with Crippen LogP contribution in [-0.2, 0) is 17.9 Å². The molecule has 0 spiro atoms. The number of nitrogens with two attached hydrogens (primary N) is 1. The predicted octanol–water partition coefficient (Wildman–Crippen LogP) is 3.74. The first-order chi connectivity index (χ1) is 10.9. The van der Waals surface area contributed by atoms with Crippen molar-refractivity contribution in [1.29, 1.82) is 0 Å². The molecule has 1 saturated carbocycles. The summed E-state index contributed by atoms with van der Waals surface area (Å²) in [4.78, 5) is 4.48. The summed E-state index contributed by atoms with van der Waals surface area (Å²) in [6, 6.07) is 8.86. The maximum Gasteiger partial charge on any atom is 0.189 e. The monoisotopic (exact) mass is 317 g/mol. The number of nitrogens with zero attached hydrogens (tertiary/aromatic N) is 1. The fourth-order valence-electron chi connectivity index (χ4n) is 2.80. The molecule has 0 saturated heterocycles. The van der Waals surface area contributed by atoms with Crippen LogP contribution >= 0.6 is 0 Å². The Hall–Kier alpha value is -1.55. The standard InChI is InChI=1S/C19H31N3O/c1-19(2,3)23-14-16-9-7-8-15(12-16)13-21-18(20)22-17-10-5-4-6-11-17/h7-9,12,17H,4-6,10-11,13-14H2,1-3H3,(H3,20,21,22). The molecule has 0 unspecified atom stereocenters. The lowest BCUT2D eigenvalue weighted by Crippen LogP contribution is -2.41. The van der Waals surface area contributed by atoms with E-state index in [-0.39, 0.29) is 5.60 Å². The molecule has 0 aromatic heterocycles. The molecule has 0 atom stereocenters. The number of hydrogen-bond donors (Lipinski definition) is 2. The van der Waals surface area contributed by atoms with Gasteiger partial charge in [-0.15, -0.1) is 0 Å². The smallest absolute Gasteiger partial charge is 0.189 e. The third kappa shape index (κ3) is 7.04. The van der Waals surface area contributed by atoms with E-state index in [9.17, 15) is 0 Å². The molecule has 2 rings (SSSR count). The van der Waals surface area contributed by atoms with Crippen LogP contribution in [0.15, 0.2) is 29.3 Å². The van der Waals surface area contributed by atoms with Crippen LogP contribution in [0.1, 0.15) is 64.0 Å². The first kappa shape index (κ1) is 17.8. The molecule has 0 radical (unpaired) electrons. The number of rotatable bonds is 5. The second kappa shape index (κ2) is 8.34. The van der Waals surface area contributed by atoms with Crippen molar-refractivity contribution in [2.45, 2.75) is 77.7 Å². The molecule has 23 heavy (non-hydrogen) atoms. The highest BCUT2D eigenvalue weighted by Crippen LogP contribution is 2.17. The van der Waals surface area contributed by atoms with Gasteiger partial charge in [0.15, 0.2) is 5.96 Å². The molecule has 1 aliphatic carbocycles. The molecular weight excluding hydrogens is 286 g/mol. The Kier molecular flexibility index (Phi) is 6.46. The van der Waals surface area contributed by atoms with Crippen LogP contribution in [0, 0.1) is 0 Å². The van der Waals surface area contributed by atoms with E-state index in [0.29, 0.717) is 25.2 Å². The van der Waals surface area contributed by atoms with E-state index in [0.717, 1.165) is 5.56 Å². The minimum atomic E-state index is -0.123. The van der Waals surface area contributed by atoms with Gasteiger partial charge in [-0.25, -0.2) is 4.99 Å². The second-order valence-corrected chi connectivity index (χ2v) is 7.40. The Morgan fingerprint density at radius 1 is 1.22 bits per heavy atom. The van der Waals surface area contributed by atoms with E-state index in [1.807, 2.05) is 0 Å². The van der Waals surface area contributed by atoms with E-state index >= 15 is 0 Å². The highest BCUT2D eigenvalue weighted by atomic mass is 16.5. The van der Waals surface area contributed by atoms with E-state index in [1.165, 1.54) is 37.7 Å². The fraction of sp³-hybridized carbons (Fsp3) is 0.632. The van der Waals surface area contributed by atoms with Crippen LogP contribution in [0.4, 0.5) is 0 Å². The number of ether oxygens (including phenoxy) is 1. The molecule has 3 N–H and O–H groups in total. The summed E-state index contributed by atoms with van der Waals surface area (Å²) >= 11 is 0. The van der Waals surface area contributed by atoms with E-state index in [1.54, 1.807) is 0 Å². The third-order valence-electron chi connectivity index (χ3n) is 4.05. The van der Waals surface area contributed by atoms with E-state index < -0.39 is 0 Å². The Labute approximate surface area is 140 Å². The SMILES string of the molecule is CC(C)(C)OCc1cccc(CN=C(N)NC2CCCCC2)c1. The highest BCUT2D eigenvalue weighted by molar-refractivity contribution is 5.78. The van der Waals surface area contributed by atoms with Crippen molar-refractivity contribution in [2.24, 2.45) is 10.7 Å². The first-order valence-electron chi connectivity index (χ1n) is 8.70. The summed E-state index contributed by atoms with van der Waals surface area (Å²) in [5.74, 6) is 0.563. The average molecular weight is 317 g/mol. The molecular formula is C19H31N3O. The maximum atomic E-state index is 6.02. The molecule has 4 nitrogen and oxygen atoms in total. The van der Waals surface area contributed by atoms with Crippen molar-refractivity contribution in [2.75, 3.05) is 0 Å². The molecule has 1 aliphatic rings. The lowest BCUT2D eigenvalue weighted by molar-refractivity contribution is -0.0149. The minimum Gasteiger partial charge on any atom is -0.371 e. The average Bonchev–Trinajstić information content (AvgIpc) is 2.52. The Bertz CT molecular complexity index is 514. The van der Waals surface area contributed by atoms with Gasteiger partial charge >= 0.3 is 0 Å². The molecule has 4 heteroatoms. The summed E-state index contributed by atoms with van der Waals surface area (Å²) in [5, 5.41) is 3.35. The Morgan fingerprint density at radius 3 is 2.61 bits per heavy atom. The number of benzene rings is 1. The lowest BCUT2D eigenvalue weighted by atomic mass is 9.96. The predicted molar refractivity (Wildman–Crippen MR) is 96.3 cm³/mol. The zero-order valence-corrected chi connectivity index (χ0v) is 14.8. The molecule has 0 heterocycles. The van der Waals surface area contributed by atoms with Gasteiger partial charge in [-0.1, -0.05) is 43.5 Å². The molecule has 128 valence electrons. The van der Waals surface area contributed by atoms with Gasteiger partial charge < -0.3 is 15.8 Å². The molecule has 1 aromatic carbocycles. The van der Waals surface area contributed by atoms with Crippen LogP contribution in [0.5, 0.6) is 0 Å². The van der Waals surface area contributed by atoms with Crippen LogP contribution in [-0.4, -0.2) is 17.6 Å². The van der Waals surface area contributed by atoms with Gasteiger partial charge in [-0.05, 0) is 44.7 Å². The van der Waals surface area contributed by atoms with E-state index in [2.05, 4.69) is 55.3 Å². The van der Waals surface area contributed by atoms with E-state index in [4.69, 9.17) is 10.5 Å². The van der Waals surface area contributed by atoms with Gasteiger partial charge in [-0.3, -0.25) is 0 Å². The number of hydrogen-bond acceptors (Lipinski definition) is 2. The second-order valence-electron chi connectivity index (χ2n) is 7.40. The van der Waals surface area contributed by atoms with Crippen molar-refractivity contribution in [3.8, 4) is 0 Å². The third-order valence-corrected chi connectivity index (χ3v) is 4.05. The summed E-state index contributed by atoms with van der Waals surface area (Å²) in [5.41, 5.74) is 8.23. The summed E-state index contributed by atoms with van der Waals surface area (Å²) < 4.78 is 5.82. The van der Waals surface area contributed by atoms with Gasteiger partial charge in [0.2, 0.25) is 0 Å². The van der Waals surface area contributed by atoms with Crippen molar-refractivity contribution < 1.29 is 4.74 Å². The molecule has 0 aliphatic heterocycles. The van der Waals surface area contributed by atoms with Gasteiger partial charge in [0.1, 0.15) is 0 Å². The molecule has 0 bridgehead atoms. The zero-order valence-electron chi connectivity index (χ0n) is 14.8. The molecule has 1 aromatic rings. The highest BCUT2D eigenvalue weighted by Gasteiger charge is 2.13.